The van der Waals surface area contributed by atoms with E-state index in [0.717, 1.165) is 12.8 Å². The normalized spacial score (nSPS) is 11.6. The second kappa shape index (κ2) is 8.22. The number of rotatable bonds is 7. The minimum absolute atomic E-state index is 0.0531. The predicted molar refractivity (Wildman–Crippen MR) is 91.2 cm³/mol. The molecule has 0 unspecified atom stereocenters. The number of benzene rings is 2. The summed E-state index contributed by atoms with van der Waals surface area (Å²) >= 11 is 0. The van der Waals surface area contributed by atoms with E-state index in [4.69, 9.17) is 9.47 Å². The van der Waals surface area contributed by atoms with E-state index in [0.29, 0.717) is 17.1 Å². The highest BCUT2D eigenvalue weighted by Gasteiger charge is 2.19. The molecule has 0 aliphatic heterocycles. The summed E-state index contributed by atoms with van der Waals surface area (Å²) in [5, 5.41) is 3.02. The standard InChI is InChI=1S/C19H23NO3/c1-14(12-13-15-8-5-4-6-9-15)20-19(21)18-16(22-2)10-7-11-17(18)23-3/h4-11,14H,12-13H2,1-3H3,(H,20,21)/t14-/m1/s1. The molecule has 0 aliphatic carbocycles. The first-order valence-corrected chi connectivity index (χ1v) is 7.71. The summed E-state index contributed by atoms with van der Waals surface area (Å²) in [5.74, 6) is 0.842. The van der Waals surface area contributed by atoms with Gasteiger partial charge in [0.15, 0.2) is 0 Å². The molecule has 0 aliphatic rings. The van der Waals surface area contributed by atoms with Gasteiger partial charge in [0.05, 0.1) is 14.2 Å². The van der Waals surface area contributed by atoms with Gasteiger partial charge in [-0.2, -0.15) is 0 Å². The van der Waals surface area contributed by atoms with Crippen LogP contribution in [0.2, 0.25) is 0 Å². The van der Waals surface area contributed by atoms with Gasteiger partial charge >= 0.3 is 0 Å². The van der Waals surface area contributed by atoms with Crippen molar-refractivity contribution in [2.45, 2.75) is 25.8 Å². The molecule has 1 amide bonds. The predicted octanol–water partition coefficient (Wildman–Crippen LogP) is 3.45. The lowest BCUT2D eigenvalue weighted by atomic mass is 10.1. The third-order valence-electron chi connectivity index (χ3n) is 3.74. The molecule has 0 saturated heterocycles. The fraction of sp³-hybridized carbons (Fsp3) is 0.316. The van der Waals surface area contributed by atoms with Crippen molar-refractivity contribution >= 4 is 5.91 Å². The van der Waals surface area contributed by atoms with Crippen LogP contribution >= 0.6 is 0 Å². The maximum Gasteiger partial charge on any atom is 0.259 e. The third-order valence-corrected chi connectivity index (χ3v) is 3.74. The molecule has 2 aromatic carbocycles. The molecule has 0 spiro atoms. The molecule has 0 bridgehead atoms. The zero-order chi connectivity index (χ0) is 16.7. The topological polar surface area (TPSA) is 47.6 Å². The first-order valence-electron chi connectivity index (χ1n) is 7.71. The second-order valence-electron chi connectivity index (χ2n) is 5.44. The summed E-state index contributed by atoms with van der Waals surface area (Å²) in [7, 11) is 3.09. The van der Waals surface area contributed by atoms with Gasteiger partial charge in [0.1, 0.15) is 17.1 Å². The molecule has 1 atom stereocenters. The fourth-order valence-electron chi connectivity index (χ4n) is 2.47. The number of hydrogen-bond acceptors (Lipinski definition) is 3. The number of hydrogen-bond donors (Lipinski definition) is 1. The van der Waals surface area contributed by atoms with Crippen molar-refractivity contribution in [2.75, 3.05) is 14.2 Å². The number of aryl methyl sites for hydroxylation is 1. The van der Waals surface area contributed by atoms with Crippen LogP contribution in [0.5, 0.6) is 11.5 Å². The van der Waals surface area contributed by atoms with Crippen molar-refractivity contribution < 1.29 is 14.3 Å². The van der Waals surface area contributed by atoms with Gasteiger partial charge in [-0.15, -0.1) is 0 Å². The van der Waals surface area contributed by atoms with Gasteiger partial charge in [-0.1, -0.05) is 36.4 Å². The van der Waals surface area contributed by atoms with E-state index in [9.17, 15) is 4.79 Å². The minimum atomic E-state index is -0.181. The van der Waals surface area contributed by atoms with E-state index in [1.54, 1.807) is 32.4 Å². The summed E-state index contributed by atoms with van der Waals surface area (Å²) in [4.78, 5) is 12.6. The first kappa shape index (κ1) is 16.9. The van der Waals surface area contributed by atoms with Gasteiger partial charge in [-0.05, 0) is 37.5 Å². The minimum Gasteiger partial charge on any atom is -0.496 e. The summed E-state index contributed by atoms with van der Waals surface area (Å²) in [6.07, 6.45) is 1.79. The van der Waals surface area contributed by atoms with Crippen molar-refractivity contribution in [1.82, 2.24) is 5.32 Å². The molecule has 0 heterocycles. The van der Waals surface area contributed by atoms with Crippen LogP contribution in [-0.4, -0.2) is 26.2 Å². The summed E-state index contributed by atoms with van der Waals surface area (Å²) in [6, 6.07) is 15.6. The highest BCUT2D eigenvalue weighted by Crippen LogP contribution is 2.28. The van der Waals surface area contributed by atoms with Crippen LogP contribution in [-0.2, 0) is 6.42 Å². The van der Waals surface area contributed by atoms with Crippen molar-refractivity contribution in [3.63, 3.8) is 0 Å². The van der Waals surface area contributed by atoms with E-state index in [1.807, 2.05) is 25.1 Å². The third kappa shape index (κ3) is 4.49. The largest absolute Gasteiger partial charge is 0.496 e. The Hall–Kier alpha value is -2.49. The second-order valence-corrected chi connectivity index (χ2v) is 5.44. The molecule has 0 radical (unpaired) electrons. The summed E-state index contributed by atoms with van der Waals surface area (Å²) in [5.41, 5.74) is 1.70. The number of carbonyl (C=O) groups excluding carboxylic acids is 1. The van der Waals surface area contributed by atoms with E-state index < -0.39 is 0 Å². The molecule has 2 aromatic rings. The number of methoxy groups -OCH3 is 2. The smallest absolute Gasteiger partial charge is 0.259 e. The Balaban J connectivity index is 2.01. The Morgan fingerprint density at radius 1 is 1.00 bits per heavy atom. The number of carbonyl (C=O) groups is 1. The molecular formula is C19H23NO3. The number of ether oxygens (including phenoxy) is 2. The molecule has 2 rings (SSSR count). The quantitative estimate of drug-likeness (QED) is 0.851. The Kier molecular flexibility index (Phi) is 6.03. The Bertz CT molecular complexity index is 618. The van der Waals surface area contributed by atoms with Gasteiger partial charge in [-0.3, -0.25) is 4.79 Å². The van der Waals surface area contributed by atoms with Crippen LogP contribution in [0.1, 0.15) is 29.3 Å². The highest BCUT2D eigenvalue weighted by atomic mass is 16.5. The SMILES string of the molecule is COc1cccc(OC)c1C(=O)N[C@H](C)CCc1ccccc1. The molecule has 4 nitrogen and oxygen atoms in total. The Labute approximate surface area is 137 Å². The lowest BCUT2D eigenvalue weighted by Gasteiger charge is -2.17. The Morgan fingerprint density at radius 3 is 2.17 bits per heavy atom. The molecule has 23 heavy (non-hydrogen) atoms. The summed E-state index contributed by atoms with van der Waals surface area (Å²) < 4.78 is 10.6. The van der Waals surface area contributed by atoms with E-state index in [1.165, 1.54) is 5.56 Å². The van der Waals surface area contributed by atoms with Gasteiger partial charge in [0.2, 0.25) is 0 Å². The van der Waals surface area contributed by atoms with Crippen LogP contribution in [0.15, 0.2) is 48.5 Å². The molecule has 0 saturated carbocycles. The molecular weight excluding hydrogens is 290 g/mol. The van der Waals surface area contributed by atoms with Gasteiger partial charge in [-0.25, -0.2) is 0 Å². The number of amides is 1. The molecule has 4 heteroatoms. The van der Waals surface area contributed by atoms with Crippen LogP contribution < -0.4 is 14.8 Å². The lowest BCUT2D eigenvalue weighted by Crippen LogP contribution is -2.33. The van der Waals surface area contributed by atoms with Crippen molar-refractivity contribution in [1.29, 1.82) is 0 Å². The van der Waals surface area contributed by atoms with E-state index >= 15 is 0 Å². The maximum absolute atomic E-state index is 12.6. The molecule has 122 valence electrons. The first-order chi connectivity index (χ1) is 11.2. The van der Waals surface area contributed by atoms with Crippen molar-refractivity contribution in [3.05, 3.63) is 59.7 Å². The van der Waals surface area contributed by atoms with Gasteiger partial charge < -0.3 is 14.8 Å². The fourth-order valence-corrected chi connectivity index (χ4v) is 2.47. The molecule has 0 fully saturated rings. The van der Waals surface area contributed by atoms with E-state index in [-0.39, 0.29) is 11.9 Å². The lowest BCUT2D eigenvalue weighted by molar-refractivity contribution is 0.0932. The van der Waals surface area contributed by atoms with Crippen LogP contribution in [0, 0.1) is 0 Å². The van der Waals surface area contributed by atoms with Crippen molar-refractivity contribution in [3.8, 4) is 11.5 Å². The van der Waals surface area contributed by atoms with Crippen LogP contribution in [0.3, 0.4) is 0 Å². The monoisotopic (exact) mass is 313 g/mol. The summed E-state index contributed by atoms with van der Waals surface area (Å²) in [6.45, 7) is 2.00. The van der Waals surface area contributed by atoms with Crippen LogP contribution in [0.4, 0.5) is 0 Å². The van der Waals surface area contributed by atoms with Gasteiger partial charge in [0, 0.05) is 6.04 Å². The van der Waals surface area contributed by atoms with E-state index in [2.05, 4.69) is 17.4 Å². The zero-order valence-corrected chi connectivity index (χ0v) is 13.8. The maximum atomic E-state index is 12.6. The zero-order valence-electron chi connectivity index (χ0n) is 13.8. The Morgan fingerprint density at radius 2 is 1.61 bits per heavy atom. The average molecular weight is 313 g/mol. The molecule has 1 N–H and O–H groups in total. The van der Waals surface area contributed by atoms with Crippen LogP contribution in [0.25, 0.3) is 0 Å². The molecule has 0 aromatic heterocycles. The highest BCUT2D eigenvalue weighted by molar-refractivity contribution is 5.99. The number of nitrogens with one attached hydrogen (secondary N) is 1. The average Bonchev–Trinajstić information content (AvgIpc) is 2.59. The van der Waals surface area contributed by atoms with Crippen molar-refractivity contribution in [2.24, 2.45) is 0 Å². The van der Waals surface area contributed by atoms with Gasteiger partial charge in [0.25, 0.3) is 5.91 Å².